The lowest BCUT2D eigenvalue weighted by Gasteiger charge is -2.04. The lowest BCUT2D eigenvalue weighted by molar-refractivity contribution is -0.114. The van der Waals surface area contributed by atoms with E-state index >= 15 is 0 Å². The molecule has 0 bridgehead atoms. The van der Waals surface area contributed by atoms with E-state index in [-0.39, 0.29) is 5.91 Å². The number of H-pyrrole nitrogens is 1. The lowest BCUT2D eigenvalue weighted by Crippen LogP contribution is -2.06. The van der Waals surface area contributed by atoms with Crippen molar-refractivity contribution >= 4 is 28.7 Å². The van der Waals surface area contributed by atoms with E-state index in [4.69, 9.17) is 10.5 Å². The number of imidazole rings is 1. The number of nitrogens with zero attached hydrogens (tertiary/aromatic N) is 2. The number of nitrogens with one attached hydrogen (secondary N) is 2. The second-order valence-corrected chi connectivity index (χ2v) is 4.47. The maximum atomic E-state index is 11.0. The van der Waals surface area contributed by atoms with E-state index in [9.17, 15) is 4.79 Å². The largest absolute Gasteiger partial charge is 0.456 e. The highest BCUT2D eigenvalue weighted by molar-refractivity contribution is 5.89. The van der Waals surface area contributed by atoms with Crippen molar-refractivity contribution < 1.29 is 9.53 Å². The van der Waals surface area contributed by atoms with E-state index in [1.54, 1.807) is 36.5 Å². The summed E-state index contributed by atoms with van der Waals surface area (Å²) in [5, 5.41) is 2.60. The van der Waals surface area contributed by atoms with Crippen LogP contribution < -0.4 is 15.8 Å². The molecular weight excluding hydrogens is 270 g/mol. The number of hydrogen-bond donors (Lipinski definition) is 3. The van der Waals surface area contributed by atoms with Crippen LogP contribution in [0.3, 0.4) is 0 Å². The number of amides is 1. The zero-order valence-corrected chi connectivity index (χ0v) is 11.3. The summed E-state index contributed by atoms with van der Waals surface area (Å²) in [4.78, 5) is 22.2. The number of hydrogen-bond acceptors (Lipinski definition) is 5. The van der Waals surface area contributed by atoms with Gasteiger partial charge in [0, 0.05) is 13.0 Å². The van der Waals surface area contributed by atoms with Gasteiger partial charge in [0.25, 0.3) is 0 Å². The molecule has 1 aromatic carbocycles. The fraction of sp³-hybridized carbons (Fsp3) is 0.0714. The number of carbonyl (C=O) groups is 1. The Morgan fingerprint density at radius 2 is 2.10 bits per heavy atom. The molecule has 2 heterocycles. The van der Waals surface area contributed by atoms with Crippen LogP contribution in [-0.4, -0.2) is 20.9 Å². The van der Waals surface area contributed by atoms with Crippen molar-refractivity contribution in [3.8, 4) is 11.5 Å². The molecule has 3 rings (SSSR count). The van der Waals surface area contributed by atoms with E-state index in [1.807, 2.05) is 0 Å². The fourth-order valence-corrected chi connectivity index (χ4v) is 1.87. The second kappa shape index (κ2) is 5.12. The maximum Gasteiger partial charge on any atom is 0.223 e. The Kier molecular flexibility index (Phi) is 3.15. The topological polar surface area (TPSA) is 106 Å². The van der Waals surface area contributed by atoms with Gasteiger partial charge >= 0.3 is 0 Å². The van der Waals surface area contributed by atoms with Crippen LogP contribution in [0.2, 0.25) is 0 Å². The Hall–Kier alpha value is -3.09. The number of carbonyl (C=O) groups excluding carboxylic acids is 1. The first kappa shape index (κ1) is 12.9. The van der Waals surface area contributed by atoms with Gasteiger partial charge in [0.15, 0.2) is 0 Å². The molecule has 0 aliphatic rings. The van der Waals surface area contributed by atoms with E-state index < -0.39 is 0 Å². The third-order valence-corrected chi connectivity index (χ3v) is 2.74. The van der Waals surface area contributed by atoms with Crippen LogP contribution >= 0.6 is 0 Å². The summed E-state index contributed by atoms with van der Waals surface area (Å²) < 4.78 is 5.68. The first-order chi connectivity index (χ1) is 10.1. The standard InChI is InChI=1S/C14H13N5O2/c1-8(20)17-14-18-11-4-2-9(6-12(11)19-14)21-10-3-5-13(15)16-7-10/h2-7H,1H3,(H2,15,16)(H2,17,18,19,20). The van der Waals surface area contributed by atoms with Crippen molar-refractivity contribution in [2.75, 3.05) is 11.1 Å². The molecular formula is C14H13N5O2. The number of nitrogens with two attached hydrogens (primary N) is 1. The average Bonchev–Trinajstić information content (AvgIpc) is 2.82. The summed E-state index contributed by atoms with van der Waals surface area (Å²) >= 11 is 0. The molecule has 0 fully saturated rings. The Morgan fingerprint density at radius 3 is 2.81 bits per heavy atom. The van der Waals surface area contributed by atoms with Crippen molar-refractivity contribution in [2.45, 2.75) is 6.92 Å². The van der Waals surface area contributed by atoms with Gasteiger partial charge < -0.3 is 15.5 Å². The van der Waals surface area contributed by atoms with Gasteiger partial charge in [-0.25, -0.2) is 9.97 Å². The Morgan fingerprint density at radius 1 is 1.29 bits per heavy atom. The highest BCUT2D eigenvalue weighted by atomic mass is 16.5. The minimum atomic E-state index is -0.182. The molecule has 0 radical (unpaired) electrons. The van der Waals surface area contributed by atoms with E-state index in [1.165, 1.54) is 6.92 Å². The monoisotopic (exact) mass is 283 g/mol. The molecule has 2 aromatic heterocycles. The van der Waals surface area contributed by atoms with Crippen LogP contribution in [0.15, 0.2) is 36.5 Å². The average molecular weight is 283 g/mol. The van der Waals surface area contributed by atoms with Gasteiger partial charge in [-0.15, -0.1) is 0 Å². The van der Waals surface area contributed by atoms with Gasteiger partial charge in [0.1, 0.15) is 17.3 Å². The number of fused-ring (bicyclic) bond motifs is 1. The Bertz CT molecular complexity index is 795. The number of ether oxygens (including phenoxy) is 1. The van der Waals surface area contributed by atoms with Gasteiger partial charge in [0.2, 0.25) is 11.9 Å². The van der Waals surface area contributed by atoms with Crippen molar-refractivity contribution in [2.24, 2.45) is 0 Å². The predicted octanol–water partition coefficient (Wildman–Crippen LogP) is 2.29. The molecule has 0 saturated carbocycles. The highest BCUT2D eigenvalue weighted by Crippen LogP contribution is 2.25. The van der Waals surface area contributed by atoms with Crippen LogP contribution in [0, 0.1) is 0 Å². The number of rotatable bonds is 3. The summed E-state index contributed by atoms with van der Waals surface area (Å²) in [6.45, 7) is 1.43. The Balaban J connectivity index is 1.86. The van der Waals surface area contributed by atoms with Crippen LogP contribution in [0.25, 0.3) is 11.0 Å². The zero-order chi connectivity index (χ0) is 14.8. The smallest absolute Gasteiger partial charge is 0.223 e. The summed E-state index contributed by atoms with van der Waals surface area (Å²) in [6, 6.07) is 8.79. The molecule has 7 nitrogen and oxygen atoms in total. The third-order valence-electron chi connectivity index (χ3n) is 2.74. The van der Waals surface area contributed by atoms with E-state index in [2.05, 4.69) is 20.3 Å². The molecule has 21 heavy (non-hydrogen) atoms. The van der Waals surface area contributed by atoms with Crippen molar-refractivity contribution in [1.82, 2.24) is 15.0 Å². The molecule has 0 unspecified atom stereocenters. The van der Waals surface area contributed by atoms with Gasteiger partial charge in [0.05, 0.1) is 17.2 Å². The maximum absolute atomic E-state index is 11.0. The first-order valence-electron chi connectivity index (χ1n) is 6.27. The van der Waals surface area contributed by atoms with Crippen molar-refractivity contribution in [3.63, 3.8) is 0 Å². The van der Waals surface area contributed by atoms with Gasteiger partial charge in [-0.1, -0.05) is 0 Å². The summed E-state index contributed by atoms with van der Waals surface area (Å²) in [5.41, 5.74) is 7.02. The van der Waals surface area contributed by atoms with E-state index in [0.717, 1.165) is 11.0 Å². The SMILES string of the molecule is CC(=O)Nc1nc2ccc(Oc3ccc(N)nc3)cc2[nH]1. The molecule has 106 valence electrons. The minimum absolute atomic E-state index is 0.182. The predicted molar refractivity (Wildman–Crippen MR) is 79.1 cm³/mol. The number of nitrogen functional groups attached to an aromatic ring is 1. The zero-order valence-electron chi connectivity index (χ0n) is 11.3. The number of benzene rings is 1. The van der Waals surface area contributed by atoms with Crippen LogP contribution in [0.4, 0.5) is 11.8 Å². The summed E-state index contributed by atoms with van der Waals surface area (Å²) in [6.07, 6.45) is 1.55. The molecule has 0 saturated heterocycles. The lowest BCUT2D eigenvalue weighted by atomic mass is 10.3. The highest BCUT2D eigenvalue weighted by Gasteiger charge is 2.06. The minimum Gasteiger partial charge on any atom is -0.456 e. The molecule has 0 aliphatic carbocycles. The summed E-state index contributed by atoms with van der Waals surface area (Å²) in [7, 11) is 0. The normalized spacial score (nSPS) is 10.5. The van der Waals surface area contributed by atoms with Gasteiger partial charge in [-0.2, -0.15) is 0 Å². The van der Waals surface area contributed by atoms with Crippen molar-refractivity contribution in [3.05, 3.63) is 36.5 Å². The first-order valence-corrected chi connectivity index (χ1v) is 6.27. The molecule has 4 N–H and O–H groups in total. The number of pyridine rings is 1. The fourth-order valence-electron chi connectivity index (χ4n) is 1.87. The second-order valence-electron chi connectivity index (χ2n) is 4.47. The molecule has 0 spiro atoms. The number of anilines is 2. The molecule has 3 aromatic rings. The summed E-state index contributed by atoms with van der Waals surface area (Å²) in [5.74, 6) is 1.88. The van der Waals surface area contributed by atoms with Crippen molar-refractivity contribution in [1.29, 1.82) is 0 Å². The molecule has 0 atom stereocenters. The molecule has 0 aliphatic heterocycles. The molecule has 7 heteroatoms. The number of aromatic amines is 1. The van der Waals surface area contributed by atoms with Gasteiger partial charge in [-0.05, 0) is 24.3 Å². The van der Waals surface area contributed by atoms with Gasteiger partial charge in [-0.3, -0.25) is 10.1 Å². The van der Waals surface area contributed by atoms with Crippen LogP contribution in [0.5, 0.6) is 11.5 Å². The van der Waals surface area contributed by atoms with Crippen LogP contribution in [0.1, 0.15) is 6.92 Å². The van der Waals surface area contributed by atoms with E-state index in [0.29, 0.717) is 23.3 Å². The third kappa shape index (κ3) is 2.92. The quantitative estimate of drug-likeness (QED) is 0.683. The Labute approximate surface area is 120 Å². The number of aromatic nitrogens is 3. The molecule has 1 amide bonds. The van der Waals surface area contributed by atoms with Crippen LogP contribution in [-0.2, 0) is 4.79 Å².